The molecule has 2 N–H and O–H groups in total. The molecule has 6 heteroatoms. The lowest BCUT2D eigenvalue weighted by atomic mass is 10.0. The highest BCUT2D eigenvalue weighted by Gasteiger charge is 2.26. The average Bonchev–Trinajstić information content (AvgIpc) is 2.31. The van der Waals surface area contributed by atoms with Gasteiger partial charge < -0.3 is 19.9 Å². The van der Waals surface area contributed by atoms with E-state index in [0.29, 0.717) is 12.8 Å². The standard InChI is InChI=1S/C15H29NO5/c1-7-11(17)9-20-13(18)12(8-10(2)3)16-14(19)21-15(4,5)6/h10-12,17H,7-9H2,1-6H3,(H,16,19). The predicted octanol–water partition coefficient (Wildman–Crippen LogP) is 2.24. The van der Waals surface area contributed by atoms with E-state index in [-0.39, 0.29) is 12.5 Å². The first kappa shape index (κ1) is 19.7. The van der Waals surface area contributed by atoms with Gasteiger partial charge in [-0.3, -0.25) is 0 Å². The maximum Gasteiger partial charge on any atom is 0.408 e. The summed E-state index contributed by atoms with van der Waals surface area (Å²) in [7, 11) is 0. The largest absolute Gasteiger partial charge is 0.461 e. The molecule has 0 saturated heterocycles. The van der Waals surface area contributed by atoms with Gasteiger partial charge in [-0.05, 0) is 39.5 Å². The molecule has 0 aromatic heterocycles. The molecule has 21 heavy (non-hydrogen) atoms. The third-order valence-electron chi connectivity index (χ3n) is 2.57. The summed E-state index contributed by atoms with van der Waals surface area (Å²) in [5, 5.41) is 11.9. The Labute approximate surface area is 127 Å². The molecule has 1 amide bonds. The number of aliphatic hydroxyl groups is 1. The molecule has 0 fully saturated rings. The van der Waals surface area contributed by atoms with Gasteiger partial charge in [0.15, 0.2) is 0 Å². The van der Waals surface area contributed by atoms with Crippen molar-refractivity contribution in [3.05, 3.63) is 0 Å². The first-order chi connectivity index (χ1) is 9.55. The van der Waals surface area contributed by atoms with E-state index >= 15 is 0 Å². The van der Waals surface area contributed by atoms with Crippen molar-refractivity contribution in [1.29, 1.82) is 0 Å². The molecule has 0 aliphatic carbocycles. The zero-order valence-corrected chi connectivity index (χ0v) is 13.9. The molecule has 6 nitrogen and oxygen atoms in total. The van der Waals surface area contributed by atoms with Gasteiger partial charge in [-0.2, -0.15) is 0 Å². The van der Waals surface area contributed by atoms with Gasteiger partial charge in [0.25, 0.3) is 0 Å². The lowest BCUT2D eigenvalue weighted by Gasteiger charge is -2.24. The van der Waals surface area contributed by atoms with Crippen LogP contribution in [0.1, 0.15) is 54.4 Å². The monoisotopic (exact) mass is 303 g/mol. The van der Waals surface area contributed by atoms with Crippen molar-refractivity contribution in [2.75, 3.05) is 6.61 Å². The number of hydrogen-bond acceptors (Lipinski definition) is 5. The number of hydrogen-bond donors (Lipinski definition) is 2. The van der Waals surface area contributed by atoms with Gasteiger partial charge in [0, 0.05) is 0 Å². The van der Waals surface area contributed by atoms with Crippen molar-refractivity contribution in [1.82, 2.24) is 5.32 Å². The number of alkyl carbamates (subject to hydrolysis) is 1. The predicted molar refractivity (Wildman–Crippen MR) is 79.9 cm³/mol. The normalized spacial score (nSPS) is 14.5. The molecule has 0 aromatic rings. The van der Waals surface area contributed by atoms with Crippen LogP contribution in [0.4, 0.5) is 4.79 Å². The van der Waals surface area contributed by atoms with Crippen molar-refractivity contribution in [2.45, 2.75) is 72.1 Å². The molecule has 0 aliphatic rings. The fourth-order valence-electron chi connectivity index (χ4n) is 1.53. The minimum Gasteiger partial charge on any atom is -0.461 e. The highest BCUT2D eigenvalue weighted by Crippen LogP contribution is 2.10. The van der Waals surface area contributed by atoms with E-state index in [1.54, 1.807) is 27.7 Å². The maximum absolute atomic E-state index is 12.0. The molecular formula is C15H29NO5. The van der Waals surface area contributed by atoms with E-state index in [9.17, 15) is 14.7 Å². The Morgan fingerprint density at radius 2 is 1.81 bits per heavy atom. The molecule has 0 spiro atoms. The van der Waals surface area contributed by atoms with E-state index in [2.05, 4.69) is 5.32 Å². The van der Waals surface area contributed by atoms with E-state index in [4.69, 9.17) is 9.47 Å². The van der Waals surface area contributed by atoms with Crippen LogP contribution in [-0.2, 0) is 14.3 Å². The fraction of sp³-hybridized carbons (Fsp3) is 0.867. The number of carbonyl (C=O) groups is 2. The summed E-state index contributed by atoms with van der Waals surface area (Å²) < 4.78 is 10.2. The van der Waals surface area contributed by atoms with Crippen molar-refractivity contribution < 1.29 is 24.2 Å². The number of nitrogens with one attached hydrogen (secondary N) is 1. The summed E-state index contributed by atoms with van der Waals surface area (Å²) in [5.41, 5.74) is -0.630. The summed E-state index contributed by atoms with van der Waals surface area (Å²) in [5.74, 6) is -0.351. The molecular weight excluding hydrogens is 274 g/mol. The number of carbonyl (C=O) groups excluding carboxylic acids is 2. The first-order valence-corrected chi connectivity index (χ1v) is 7.39. The second kappa shape index (κ2) is 8.87. The Morgan fingerprint density at radius 1 is 1.24 bits per heavy atom. The van der Waals surface area contributed by atoms with Crippen molar-refractivity contribution in [3.63, 3.8) is 0 Å². The Bertz CT molecular complexity index is 335. The van der Waals surface area contributed by atoms with Crippen molar-refractivity contribution in [2.24, 2.45) is 5.92 Å². The van der Waals surface area contributed by atoms with Crippen LogP contribution in [0.5, 0.6) is 0 Å². The zero-order valence-electron chi connectivity index (χ0n) is 13.9. The Morgan fingerprint density at radius 3 is 2.24 bits per heavy atom. The van der Waals surface area contributed by atoms with Crippen LogP contribution >= 0.6 is 0 Å². The van der Waals surface area contributed by atoms with Gasteiger partial charge >= 0.3 is 12.1 Å². The van der Waals surface area contributed by atoms with Gasteiger partial charge in [-0.15, -0.1) is 0 Å². The number of aliphatic hydroxyl groups excluding tert-OH is 1. The van der Waals surface area contributed by atoms with Crippen LogP contribution in [0.25, 0.3) is 0 Å². The molecule has 2 unspecified atom stereocenters. The van der Waals surface area contributed by atoms with E-state index in [1.807, 2.05) is 13.8 Å². The lowest BCUT2D eigenvalue weighted by Crippen LogP contribution is -2.45. The lowest BCUT2D eigenvalue weighted by molar-refractivity contribution is -0.149. The Hall–Kier alpha value is -1.30. The highest BCUT2D eigenvalue weighted by atomic mass is 16.6. The SMILES string of the molecule is CCC(O)COC(=O)C(CC(C)C)NC(=O)OC(C)(C)C. The van der Waals surface area contributed by atoms with Crippen LogP contribution in [0.15, 0.2) is 0 Å². The molecule has 0 aliphatic heterocycles. The fourth-order valence-corrected chi connectivity index (χ4v) is 1.53. The third kappa shape index (κ3) is 10.1. The minimum atomic E-state index is -0.774. The van der Waals surface area contributed by atoms with E-state index in [1.165, 1.54) is 0 Å². The van der Waals surface area contributed by atoms with Crippen LogP contribution < -0.4 is 5.32 Å². The zero-order chi connectivity index (χ0) is 16.6. The average molecular weight is 303 g/mol. The highest BCUT2D eigenvalue weighted by molar-refractivity contribution is 5.81. The Kier molecular flexibility index (Phi) is 8.32. The molecule has 0 radical (unpaired) electrons. The van der Waals surface area contributed by atoms with Gasteiger partial charge in [0.05, 0.1) is 6.10 Å². The summed E-state index contributed by atoms with van der Waals surface area (Å²) in [6, 6.07) is -0.774. The minimum absolute atomic E-state index is 0.0695. The third-order valence-corrected chi connectivity index (χ3v) is 2.57. The van der Waals surface area contributed by atoms with E-state index < -0.39 is 29.8 Å². The van der Waals surface area contributed by atoms with Gasteiger partial charge in [0.2, 0.25) is 0 Å². The van der Waals surface area contributed by atoms with Gasteiger partial charge in [-0.25, -0.2) is 9.59 Å². The molecule has 0 heterocycles. The summed E-state index contributed by atoms with van der Waals surface area (Å²) in [6.45, 7) is 10.9. The number of ether oxygens (including phenoxy) is 2. The molecule has 0 bridgehead atoms. The topological polar surface area (TPSA) is 84.9 Å². The second-order valence-corrected chi connectivity index (χ2v) is 6.52. The van der Waals surface area contributed by atoms with Crippen LogP contribution in [0.2, 0.25) is 0 Å². The van der Waals surface area contributed by atoms with Crippen molar-refractivity contribution in [3.8, 4) is 0 Å². The molecule has 124 valence electrons. The maximum atomic E-state index is 12.0. The number of amides is 1. The smallest absolute Gasteiger partial charge is 0.408 e. The molecule has 2 atom stereocenters. The summed E-state index contributed by atoms with van der Waals surface area (Å²) >= 11 is 0. The van der Waals surface area contributed by atoms with E-state index in [0.717, 1.165) is 0 Å². The Balaban J connectivity index is 4.57. The van der Waals surface area contributed by atoms with Crippen molar-refractivity contribution >= 4 is 12.1 Å². The summed E-state index contributed by atoms with van der Waals surface area (Å²) in [6.07, 6.45) is -0.390. The molecule has 0 aromatic carbocycles. The molecule has 0 saturated carbocycles. The number of rotatable bonds is 7. The van der Waals surface area contributed by atoms with Crippen LogP contribution in [0, 0.1) is 5.92 Å². The van der Waals surface area contributed by atoms with Crippen LogP contribution in [-0.4, -0.2) is 41.5 Å². The molecule has 0 rings (SSSR count). The number of esters is 1. The quantitative estimate of drug-likeness (QED) is 0.705. The second-order valence-electron chi connectivity index (χ2n) is 6.52. The van der Waals surface area contributed by atoms with Crippen LogP contribution in [0.3, 0.4) is 0 Å². The summed E-state index contributed by atoms with van der Waals surface area (Å²) in [4.78, 5) is 23.8. The van der Waals surface area contributed by atoms with Gasteiger partial charge in [-0.1, -0.05) is 20.8 Å². The van der Waals surface area contributed by atoms with Gasteiger partial charge in [0.1, 0.15) is 18.2 Å². The first-order valence-electron chi connectivity index (χ1n) is 7.39.